The Labute approximate surface area is 71.9 Å². The third-order valence-corrected chi connectivity index (χ3v) is 1.71. The molecule has 0 heterocycles. The third-order valence-electron chi connectivity index (χ3n) is 1.71. The molecule has 0 aliphatic carbocycles. The van der Waals surface area contributed by atoms with Gasteiger partial charge in [0.25, 0.3) is 0 Å². The summed E-state index contributed by atoms with van der Waals surface area (Å²) >= 11 is 0. The first kappa shape index (κ1) is 9.25. The van der Waals surface area contributed by atoms with Gasteiger partial charge in [-0.3, -0.25) is 0 Å². The van der Waals surface area contributed by atoms with Crippen LogP contribution in [-0.4, -0.2) is 24.7 Å². The molecule has 0 saturated heterocycles. The van der Waals surface area contributed by atoms with Gasteiger partial charge in [-0.1, -0.05) is 24.3 Å². The molecule has 3 nitrogen and oxygen atoms in total. The molecular weight excluding hydrogens is 155 g/mol. The van der Waals surface area contributed by atoms with Gasteiger partial charge in [0.1, 0.15) is 0 Å². The number of hydrogen-bond donors (Lipinski definition) is 2. The molecule has 0 amide bonds. The second-order valence-corrected chi connectivity index (χ2v) is 2.44. The predicted molar refractivity (Wildman–Crippen MR) is 47.4 cm³/mol. The second-order valence-electron chi connectivity index (χ2n) is 2.44. The number of methoxy groups -OCH3 is 1. The highest BCUT2D eigenvalue weighted by atomic mass is 16.6. The van der Waals surface area contributed by atoms with Crippen molar-refractivity contribution >= 4 is 12.9 Å². The second kappa shape index (κ2) is 4.26. The zero-order valence-corrected chi connectivity index (χ0v) is 6.90. The fourth-order valence-electron chi connectivity index (χ4n) is 1.05. The molecule has 1 atom stereocenters. The summed E-state index contributed by atoms with van der Waals surface area (Å²) in [6.07, 6.45) is -0.951. The van der Waals surface area contributed by atoms with E-state index in [4.69, 9.17) is 9.76 Å². The SMILES string of the molecule is COC(O)c1ccccc1BO. The van der Waals surface area contributed by atoms with E-state index in [1.54, 1.807) is 24.3 Å². The summed E-state index contributed by atoms with van der Waals surface area (Å²) in [7, 11) is 1.33. The van der Waals surface area contributed by atoms with E-state index < -0.39 is 6.29 Å². The summed E-state index contributed by atoms with van der Waals surface area (Å²) in [4.78, 5) is 0. The minimum atomic E-state index is -0.951. The van der Waals surface area contributed by atoms with Gasteiger partial charge in [0.05, 0.1) is 0 Å². The molecule has 2 N–H and O–H groups in total. The van der Waals surface area contributed by atoms with Crippen LogP contribution < -0.4 is 5.46 Å². The lowest BCUT2D eigenvalue weighted by atomic mass is 9.84. The van der Waals surface area contributed by atoms with Gasteiger partial charge in [0, 0.05) is 12.7 Å². The number of aliphatic hydroxyl groups excluding tert-OH is 1. The van der Waals surface area contributed by atoms with E-state index in [-0.39, 0.29) is 7.48 Å². The molecular formula is C8H11BO3. The molecule has 0 fully saturated rings. The molecule has 1 rings (SSSR count). The lowest BCUT2D eigenvalue weighted by Gasteiger charge is -2.11. The Kier molecular flexibility index (Phi) is 3.28. The Morgan fingerprint density at radius 2 is 2.08 bits per heavy atom. The average molecular weight is 166 g/mol. The highest BCUT2D eigenvalue weighted by molar-refractivity contribution is 6.46. The van der Waals surface area contributed by atoms with Crippen molar-refractivity contribution in [1.82, 2.24) is 0 Å². The fourth-order valence-corrected chi connectivity index (χ4v) is 1.05. The van der Waals surface area contributed by atoms with Crippen molar-refractivity contribution in [2.45, 2.75) is 6.29 Å². The first-order chi connectivity index (χ1) is 5.79. The van der Waals surface area contributed by atoms with Crippen LogP contribution in [0.4, 0.5) is 0 Å². The van der Waals surface area contributed by atoms with E-state index in [0.717, 1.165) is 0 Å². The van der Waals surface area contributed by atoms with E-state index >= 15 is 0 Å². The summed E-state index contributed by atoms with van der Waals surface area (Å²) in [6.45, 7) is 0. The van der Waals surface area contributed by atoms with Gasteiger partial charge in [0.2, 0.25) is 0 Å². The minimum absolute atomic E-state index is 0.0867. The van der Waals surface area contributed by atoms with Gasteiger partial charge in [-0.25, -0.2) is 0 Å². The molecule has 0 saturated carbocycles. The molecule has 0 aliphatic rings. The van der Waals surface area contributed by atoms with Crippen molar-refractivity contribution in [3.05, 3.63) is 29.8 Å². The molecule has 0 spiro atoms. The summed E-state index contributed by atoms with van der Waals surface area (Å²) < 4.78 is 4.72. The molecule has 1 aromatic rings. The van der Waals surface area contributed by atoms with Crippen LogP contribution in [-0.2, 0) is 4.74 Å². The van der Waals surface area contributed by atoms with Crippen LogP contribution >= 0.6 is 0 Å². The smallest absolute Gasteiger partial charge is 0.305 e. The van der Waals surface area contributed by atoms with E-state index in [1.165, 1.54) is 7.11 Å². The van der Waals surface area contributed by atoms with E-state index in [9.17, 15) is 5.11 Å². The fraction of sp³-hybridized carbons (Fsp3) is 0.250. The number of aliphatic hydroxyl groups is 1. The summed E-state index contributed by atoms with van der Waals surface area (Å²) in [5, 5.41) is 18.2. The summed E-state index contributed by atoms with van der Waals surface area (Å²) in [5.74, 6) is 0. The molecule has 1 unspecified atom stereocenters. The van der Waals surface area contributed by atoms with Crippen molar-refractivity contribution in [3.8, 4) is 0 Å². The number of hydrogen-bond acceptors (Lipinski definition) is 3. The quantitative estimate of drug-likeness (QED) is 0.460. The molecule has 0 bridgehead atoms. The lowest BCUT2D eigenvalue weighted by Crippen LogP contribution is -2.21. The molecule has 0 aliphatic heterocycles. The van der Waals surface area contributed by atoms with Crippen molar-refractivity contribution in [1.29, 1.82) is 0 Å². The standard InChI is InChI=1S/C8H11BO3/c1-12-8(10)6-4-2-3-5-7(6)9-11/h2-5,8-11H,1H3. The third kappa shape index (κ3) is 1.85. The maximum absolute atomic E-state index is 9.31. The van der Waals surface area contributed by atoms with Crippen LogP contribution in [0.15, 0.2) is 24.3 Å². The van der Waals surface area contributed by atoms with Gasteiger partial charge in [-0.05, 0) is 5.46 Å². The highest BCUT2D eigenvalue weighted by Crippen LogP contribution is 2.09. The molecule has 12 heavy (non-hydrogen) atoms. The minimum Gasteiger partial charge on any atom is -0.449 e. The maximum atomic E-state index is 9.31. The topological polar surface area (TPSA) is 49.7 Å². The Hall–Kier alpha value is -0.835. The Balaban J connectivity index is 2.96. The van der Waals surface area contributed by atoms with E-state index in [0.29, 0.717) is 11.0 Å². The maximum Gasteiger partial charge on any atom is 0.305 e. The number of ether oxygens (including phenoxy) is 1. The van der Waals surface area contributed by atoms with Gasteiger partial charge in [-0.2, -0.15) is 0 Å². The van der Waals surface area contributed by atoms with Crippen LogP contribution in [0.5, 0.6) is 0 Å². The Bertz CT molecular complexity index is 252. The summed E-state index contributed by atoms with van der Waals surface area (Å²) in [6, 6.07) is 7.06. The zero-order valence-electron chi connectivity index (χ0n) is 6.90. The van der Waals surface area contributed by atoms with Crippen LogP contribution in [0.2, 0.25) is 0 Å². The zero-order chi connectivity index (χ0) is 8.97. The predicted octanol–water partition coefficient (Wildman–Crippen LogP) is -0.707. The average Bonchev–Trinajstić information content (AvgIpc) is 2.16. The Morgan fingerprint density at radius 1 is 1.42 bits per heavy atom. The normalized spacial score (nSPS) is 12.6. The van der Waals surface area contributed by atoms with Crippen LogP contribution in [0, 0.1) is 0 Å². The monoisotopic (exact) mass is 166 g/mol. The van der Waals surface area contributed by atoms with Gasteiger partial charge in [0.15, 0.2) is 6.29 Å². The molecule has 1 aromatic carbocycles. The van der Waals surface area contributed by atoms with E-state index in [1.807, 2.05) is 0 Å². The van der Waals surface area contributed by atoms with Crippen molar-refractivity contribution in [3.63, 3.8) is 0 Å². The summed E-state index contributed by atoms with van der Waals surface area (Å²) in [5.41, 5.74) is 1.30. The largest absolute Gasteiger partial charge is 0.449 e. The Morgan fingerprint density at radius 3 is 2.67 bits per heavy atom. The van der Waals surface area contributed by atoms with Gasteiger partial charge >= 0.3 is 7.48 Å². The number of benzene rings is 1. The molecule has 0 radical (unpaired) electrons. The molecule has 4 heteroatoms. The number of rotatable bonds is 3. The molecule has 64 valence electrons. The van der Waals surface area contributed by atoms with Crippen molar-refractivity contribution < 1.29 is 14.9 Å². The first-order valence-corrected chi connectivity index (χ1v) is 3.69. The van der Waals surface area contributed by atoms with Crippen LogP contribution in [0.3, 0.4) is 0 Å². The van der Waals surface area contributed by atoms with Crippen LogP contribution in [0.25, 0.3) is 0 Å². The van der Waals surface area contributed by atoms with Crippen molar-refractivity contribution in [2.24, 2.45) is 0 Å². The van der Waals surface area contributed by atoms with Crippen molar-refractivity contribution in [2.75, 3.05) is 7.11 Å². The lowest BCUT2D eigenvalue weighted by molar-refractivity contribution is -0.0762. The molecule has 0 aromatic heterocycles. The van der Waals surface area contributed by atoms with Gasteiger partial charge in [-0.15, -0.1) is 0 Å². The highest BCUT2D eigenvalue weighted by Gasteiger charge is 2.09. The first-order valence-electron chi connectivity index (χ1n) is 3.69. The van der Waals surface area contributed by atoms with Crippen LogP contribution in [0.1, 0.15) is 11.9 Å². The van der Waals surface area contributed by atoms with Gasteiger partial charge < -0.3 is 14.9 Å². The van der Waals surface area contributed by atoms with E-state index in [2.05, 4.69) is 0 Å².